The van der Waals surface area contributed by atoms with E-state index in [4.69, 9.17) is 9.26 Å². The van der Waals surface area contributed by atoms with E-state index in [9.17, 15) is 4.79 Å². The molecule has 1 aromatic heterocycles. The Morgan fingerprint density at radius 1 is 1.32 bits per heavy atom. The highest BCUT2D eigenvalue weighted by atomic mass is 16.5. The summed E-state index contributed by atoms with van der Waals surface area (Å²) < 4.78 is 10.7. The fraction of sp³-hybridized carbons (Fsp3) is 0.750. The SMILES string of the molecule is Cc1noc(C)c1CN1CCC(NC(=O)C2CCCO2)CC1. The summed E-state index contributed by atoms with van der Waals surface area (Å²) in [6.45, 7) is 7.52. The third-order valence-corrected chi connectivity index (χ3v) is 4.72. The molecule has 6 nitrogen and oxygen atoms in total. The van der Waals surface area contributed by atoms with Gasteiger partial charge >= 0.3 is 0 Å². The lowest BCUT2D eigenvalue weighted by Gasteiger charge is -2.32. The normalized spacial score (nSPS) is 23.8. The Balaban J connectivity index is 1.45. The lowest BCUT2D eigenvalue weighted by molar-refractivity contribution is -0.131. The van der Waals surface area contributed by atoms with Gasteiger partial charge in [0.15, 0.2) is 0 Å². The van der Waals surface area contributed by atoms with Crippen molar-refractivity contribution in [1.29, 1.82) is 0 Å². The molecule has 0 radical (unpaired) electrons. The van der Waals surface area contributed by atoms with E-state index < -0.39 is 0 Å². The fourth-order valence-corrected chi connectivity index (χ4v) is 3.27. The largest absolute Gasteiger partial charge is 0.368 e. The quantitative estimate of drug-likeness (QED) is 0.914. The second-order valence-electron chi connectivity index (χ2n) is 6.36. The van der Waals surface area contributed by atoms with Gasteiger partial charge < -0.3 is 14.6 Å². The molecule has 122 valence electrons. The molecule has 2 aliphatic heterocycles. The van der Waals surface area contributed by atoms with Crippen molar-refractivity contribution in [2.24, 2.45) is 0 Å². The molecule has 0 aromatic carbocycles. The summed E-state index contributed by atoms with van der Waals surface area (Å²) in [7, 11) is 0. The van der Waals surface area contributed by atoms with Crippen LogP contribution in [0.15, 0.2) is 4.52 Å². The lowest BCUT2D eigenvalue weighted by Crippen LogP contribution is -2.47. The molecule has 1 aromatic rings. The summed E-state index contributed by atoms with van der Waals surface area (Å²) in [6.07, 6.45) is 3.61. The summed E-state index contributed by atoms with van der Waals surface area (Å²) in [4.78, 5) is 14.5. The van der Waals surface area contributed by atoms with Gasteiger partial charge in [-0.25, -0.2) is 0 Å². The summed E-state index contributed by atoms with van der Waals surface area (Å²) in [5.74, 6) is 0.980. The molecule has 0 saturated carbocycles. The Kier molecular flexibility index (Phi) is 4.78. The van der Waals surface area contributed by atoms with Gasteiger partial charge in [0.05, 0.1) is 5.69 Å². The molecule has 6 heteroatoms. The number of ether oxygens (including phenoxy) is 1. The Labute approximate surface area is 131 Å². The van der Waals surface area contributed by atoms with Crippen LogP contribution in [0.4, 0.5) is 0 Å². The van der Waals surface area contributed by atoms with Crippen LogP contribution in [0.1, 0.15) is 42.7 Å². The van der Waals surface area contributed by atoms with E-state index >= 15 is 0 Å². The van der Waals surface area contributed by atoms with Crippen LogP contribution in [-0.2, 0) is 16.1 Å². The molecule has 0 spiro atoms. The van der Waals surface area contributed by atoms with Crippen LogP contribution in [-0.4, -0.2) is 47.8 Å². The molecule has 0 aliphatic carbocycles. The molecule has 1 atom stereocenters. The van der Waals surface area contributed by atoms with Crippen molar-refractivity contribution in [3.05, 3.63) is 17.0 Å². The summed E-state index contributed by atoms with van der Waals surface area (Å²) in [5.41, 5.74) is 2.17. The van der Waals surface area contributed by atoms with Crippen LogP contribution in [0.3, 0.4) is 0 Å². The van der Waals surface area contributed by atoms with Crippen LogP contribution in [0.5, 0.6) is 0 Å². The predicted octanol–water partition coefficient (Wildman–Crippen LogP) is 1.55. The van der Waals surface area contributed by atoms with Crippen LogP contribution in [0.2, 0.25) is 0 Å². The van der Waals surface area contributed by atoms with E-state index in [1.807, 2.05) is 13.8 Å². The molecular formula is C16H25N3O3. The number of nitrogens with zero attached hydrogens (tertiary/aromatic N) is 2. The Hall–Kier alpha value is -1.40. The number of aromatic nitrogens is 1. The van der Waals surface area contributed by atoms with Crippen LogP contribution >= 0.6 is 0 Å². The molecule has 2 fully saturated rings. The number of amides is 1. The standard InChI is InChI=1S/C16H25N3O3/c1-11-14(12(2)22-18-11)10-19-7-5-13(6-8-19)17-16(20)15-4-3-9-21-15/h13,15H,3-10H2,1-2H3,(H,17,20). The molecule has 22 heavy (non-hydrogen) atoms. The van der Waals surface area contributed by atoms with Crippen molar-refractivity contribution >= 4 is 5.91 Å². The van der Waals surface area contributed by atoms with Gasteiger partial charge in [0.2, 0.25) is 5.91 Å². The predicted molar refractivity (Wildman–Crippen MR) is 81.4 cm³/mol. The minimum atomic E-state index is -0.222. The third kappa shape index (κ3) is 3.50. The smallest absolute Gasteiger partial charge is 0.249 e. The first-order chi connectivity index (χ1) is 10.6. The molecule has 1 amide bonds. The minimum absolute atomic E-state index is 0.0710. The molecule has 3 heterocycles. The van der Waals surface area contributed by atoms with E-state index in [1.54, 1.807) is 0 Å². The highest BCUT2D eigenvalue weighted by Gasteiger charge is 2.27. The van der Waals surface area contributed by atoms with Crippen LogP contribution in [0.25, 0.3) is 0 Å². The maximum Gasteiger partial charge on any atom is 0.249 e. The number of hydrogen-bond acceptors (Lipinski definition) is 5. The molecule has 3 rings (SSSR count). The van der Waals surface area contributed by atoms with Crippen molar-refractivity contribution < 1.29 is 14.1 Å². The monoisotopic (exact) mass is 307 g/mol. The Bertz CT molecular complexity index is 495. The maximum atomic E-state index is 12.1. The van der Waals surface area contributed by atoms with Crippen molar-refractivity contribution in [3.63, 3.8) is 0 Å². The number of piperidine rings is 1. The van der Waals surface area contributed by atoms with Crippen molar-refractivity contribution in [2.45, 2.75) is 58.2 Å². The molecule has 2 saturated heterocycles. The molecular weight excluding hydrogens is 282 g/mol. The first-order valence-electron chi connectivity index (χ1n) is 8.19. The molecule has 1 N–H and O–H groups in total. The average molecular weight is 307 g/mol. The van der Waals surface area contributed by atoms with Gasteiger partial charge in [-0.15, -0.1) is 0 Å². The van der Waals surface area contributed by atoms with Gasteiger partial charge in [-0.05, 0) is 39.5 Å². The molecule has 2 aliphatic rings. The minimum Gasteiger partial charge on any atom is -0.368 e. The second-order valence-corrected chi connectivity index (χ2v) is 6.36. The van der Waals surface area contributed by atoms with Crippen molar-refractivity contribution in [2.75, 3.05) is 19.7 Å². The lowest BCUT2D eigenvalue weighted by atomic mass is 10.0. The van der Waals surface area contributed by atoms with Gasteiger partial charge in [-0.3, -0.25) is 9.69 Å². The topological polar surface area (TPSA) is 67.6 Å². The summed E-state index contributed by atoms with van der Waals surface area (Å²) in [6, 6.07) is 0.276. The number of nitrogens with one attached hydrogen (secondary N) is 1. The zero-order valence-electron chi connectivity index (χ0n) is 13.4. The average Bonchev–Trinajstić information content (AvgIpc) is 3.15. The summed E-state index contributed by atoms with van der Waals surface area (Å²) >= 11 is 0. The second kappa shape index (κ2) is 6.79. The van der Waals surface area contributed by atoms with Gasteiger partial charge in [-0.1, -0.05) is 5.16 Å². The van der Waals surface area contributed by atoms with E-state index in [-0.39, 0.29) is 18.1 Å². The number of carbonyl (C=O) groups is 1. The number of hydrogen-bond donors (Lipinski definition) is 1. The first kappa shape index (κ1) is 15.5. The number of aryl methyl sites for hydroxylation is 2. The third-order valence-electron chi connectivity index (χ3n) is 4.72. The van der Waals surface area contributed by atoms with Gasteiger partial charge in [0, 0.05) is 37.8 Å². The van der Waals surface area contributed by atoms with E-state index in [0.29, 0.717) is 6.61 Å². The van der Waals surface area contributed by atoms with E-state index in [1.165, 1.54) is 5.56 Å². The zero-order chi connectivity index (χ0) is 15.5. The maximum absolute atomic E-state index is 12.1. The summed E-state index contributed by atoms with van der Waals surface area (Å²) in [5, 5.41) is 7.15. The zero-order valence-corrected chi connectivity index (χ0v) is 13.4. The fourth-order valence-electron chi connectivity index (χ4n) is 3.27. The van der Waals surface area contributed by atoms with Gasteiger partial charge in [0.1, 0.15) is 11.9 Å². The molecule has 1 unspecified atom stereocenters. The van der Waals surface area contributed by atoms with E-state index in [0.717, 1.165) is 56.8 Å². The number of likely N-dealkylation sites (tertiary alicyclic amines) is 1. The van der Waals surface area contributed by atoms with Crippen LogP contribution < -0.4 is 5.32 Å². The van der Waals surface area contributed by atoms with Crippen LogP contribution in [0, 0.1) is 13.8 Å². The van der Waals surface area contributed by atoms with Gasteiger partial charge in [0.25, 0.3) is 0 Å². The van der Waals surface area contributed by atoms with Crippen molar-refractivity contribution in [1.82, 2.24) is 15.4 Å². The van der Waals surface area contributed by atoms with Crippen molar-refractivity contribution in [3.8, 4) is 0 Å². The Morgan fingerprint density at radius 3 is 2.68 bits per heavy atom. The number of carbonyl (C=O) groups excluding carboxylic acids is 1. The highest BCUT2D eigenvalue weighted by Crippen LogP contribution is 2.19. The number of rotatable bonds is 4. The van der Waals surface area contributed by atoms with E-state index in [2.05, 4.69) is 15.4 Å². The first-order valence-corrected chi connectivity index (χ1v) is 8.19. The molecule has 0 bridgehead atoms. The van der Waals surface area contributed by atoms with Gasteiger partial charge in [-0.2, -0.15) is 0 Å². The highest BCUT2D eigenvalue weighted by molar-refractivity contribution is 5.81. The Morgan fingerprint density at radius 2 is 2.09 bits per heavy atom.